The van der Waals surface area contributed by atoms with Crippen molar-refractivity contribution in [3.63, 3.8) is 0 Å². The summed E-state index contributed by atoms with van der Waals surface area (Å²) in [5.41, 5.74) is 0. The first-order valence-corrected chi connectivity index (χ1v) is 11.5. The summed E-state index contributed by atoms with van der Waals surface area (Å²) in [5, 5.41) is 6.99. The first kappa shape index (κ1) is 21.5. The van der Waals surface area contributed by atoms with Crippen LogP contribution in [0.1, 0.15) is 50.2 Å². The molecule has 4 atom stereocenters. The molecule has 0 fully saturated rings. The van der Waals surface area contributed by atoms with Crippen LogP contribution < -0.4 is 0 Å². The Balaban J connectivity index is 5.42. The van der Waals surface area contributed by atoms with Gasteiger partial charge in [-0.2, -0.15) is 0 Å². The summed E-state index contributed by atoms with van der Waals surface area (Å²) in [6, 6.07) is 0. The van der Waals surface area contributed by atoms with E-state index >= 15 is 0 Å². The van der Waals surface area contributed by atoms with Gasteiger partial charge in [-0.25, -0.2) is 0 Å². The van der Waals surface area contributed by atoms with E-state index in [1.165, 1.54) is 11.8 Å². The molecule has 10 heteroatoms. The molecule has 0 saturated heterocycles. The van der Waals surface area contributed by atoms with Crippen LogP contribution in [0.15, 0.2) is 0 Å². The summed E-state index contributed by atoms with van der Waals surface area (Å²) in [7, 11) is -9.72. The summed E-state index contributed by atoms with van der Waals surface area (Å²) in [5.74, 6) is 0.938. The maximum atomic E-state index is 12.0. The van der Waals surface area contributed by atoms with E-state index < -0.39 is 33.2 Å². The molecular formula is C15H35NO7P2. The van der Waals surface area contributed by atoms with Gasteiger partial charge < -0.3 is 29.2 Å². The van der Waals surface area contributed by atoms with Crippen molar-refractivity contribution in [3.05, 3.63) is 0 Å². The van der Waals surface area contributed by atoms with Crippen LogP contribution in [0, 0.1) is 17.8 Å². The van der Waals surface area contributed by atoms with Gasteiger partial charge in [-0.05, 0) is 30.7 Å². The van der Waals surface area contributed by atoms with Crippen molar-refractivity contribution in [1.82, 2.24) is 4.90 Å². The van der Waals surface area contributed by atoms with E-state index in [-0.39, 0.29) is 19.0 Å². The smallest absolute Gasteiger partial charge is 0.367 e. The molecule has 0 amide bonds. The van der Waals surface area contributed by atoms with Crippen molar-refractivity contribution < 1.29 is 36.2 Å². The van der Waals surface area contributed by atoms with Gasteiger partial charge in [0.1, 0.15) is 0 Å². The lowest BCUT2D eigenvalue weighted by Gasteiger charge is -2.34. The van der Waals surface area contributed by atoms with Crippen LogP contribution in [0.25, 0.3) is 0 Å². The first-order valence-electron chi connectivity index (χ1n) is 9.30. The summed E-state index contributed by atoms with van der Waals surface area (Å²) < 4.78 is 43.9. The van der Waals surface area contributed by atoms with E-state index in [2.05, 4.69) is 25.3 Å². The molecule has 0 heterocycles. The van der Waals surface area contributed by atoms with Crippen LogP contribution in [-0.2, 0) is 13.7 Å². The second-order valence-corrected chi connectivity index (χ2v) is 11.3. The number of rotatable bonds is 12. The molecule has 152 valence electrons. The first-order chi connectivity index (χ1) is 11.9. The Morgan fingerprint density at radius 2 is 1.72 bits per heavy atom. The maximum absolute atomic E-state index is 12.0. The zero-order valence-electron chi connectivity index (χ0n) is 17.9. The fourth-order valence-electron chi connectivity index (χ4n) is 2.53. The van der Waals surface area contributed by atoms with Crippen molar-refractivity contribution in [2.45, 2.75) is 52.5 Å². The van der Waals surface area contributed by atoms with Crippen LogP contribution in [0.4, 0.5) is 0 Å². The number of hydrogen-bond acceptors (Lipinski definition) is 5. The largest absolute Gasteiger partial charge is 0.371 e. The summed E-state index contributed by atoms with van der Waals surface area (Å²) in [4.78, 5) is 29.9. The lowest BCUT2D eigenvalue weighted by atomic mass is 9.88. The van der Waals surface area contributed by atoms with Gasteiger partial charge in [-0.1, -0.05) is 34.6 Å². The second kappa shape index (κ2) is 9.95. The molecule has 0 aliphatic carbocycles. The van der Waals surface area contributed by atoms with E-state index in [4.69, 9.17) is 2.74 Å². The molecule has 0 aromatic carbocycles. The number of nitrogens with zero attached hydrogens (tertiary/aromatic N) is 1. The van der Waals surface area contributed by atoms with Gasteiger partial charge >= 0.3 is 15.2 Å². The number of hydrogen-bond donors (Lipinski definition) is 4. The van der Waals surface area contributed by atoms with Gasteiger partial charge in [0, 0.05) is 29.4 Å². The van der Waals surface area contributed by atoms with Crippen molar-refractivity contribution >= 4 is 15.2 Å². The minimum Gasteiger partial charge on any atom is -0.367 e. The third-order valence-corrected chi connectivity index (χ3v) is 8.96. The fourth-order valence-corrected chi connectivity index (χ4v) is 5.16. The standard InChI is InChI=1S/C15H35NO7P2/c1-7-16(11-13(4)10-14(5)12(2)3)9-8-15(17,24(18,19)20)25(21,22)23-6/h12-14,17H,7-11H2,1-6H3,(H,21,22)(H2,18,19,20)/i7D2. The summed E-state index contributed by atoms with van der Waals surface area (Å²) in [6.07, 6.45) is 0.00225. The molecule has 0 saturated carbocycles. The highest BCUT2D eigenvalue weighted by Gasteiger charge is 2.60. The zero-order chi connectivity index (χ0) is 21.8. The molecule has 0 aliphatic heterocycles. The fraction of sp³-hybridized carbons (Fsp3) is 1.00. The Kier molecular flexibility index (Phi) is 8.57. The van der Waals surface area contributed by atoms with Crippen molar-refractivity contribution in [2.24, 2.45) is 17.8 Å². The minimum absolute atomic E-state index is 0.0731. The van der Waals surface area contributed by atoms with Gasteiger partial charge in [-0.3, -0.25) is 9.13 Å². The topological polar surface area (TPSA) is 128 Å². The summed E-state index contributed by atoms with van der Waals surface area (Å²) >= 11 is 0. The lowest BCUT2D eigenvalue weighted by Crippen LogP contribution is -2.37. The van der Waals surface area contributed by atoms with E-state index in [1.54, 1.807) is 0 Å². The van der Waals surface area contributed by atoms with Crippen LogP contribution in [0.3, 0.4) is 0 Å². The zero-order valence-corrected chi connectivity index (χ0v) is 17.7. The predicted octanol–water partition coefficient (Wildman–Crippen LogP) is 2.67. The third kappa shape index (κ3) is 7.04. The lowest BCUT2D eigenvalue weighted by molar-refractivity contribution is 0.0997. The Morgan fingerprint density at radius 1 is 1.20 bits per heavy atom. The van der Waals surface area contributed by atoms with Gasteiger partial charge in [0.25, 0.3) is 5.08 Å². The summed E-state index contributed by atoms with van der Waals surface area (Å²) in [6.45, 7) is 7.60. The molecule has 4 N–H and O–H groups in total. The molecule has 4 unspecified atom stereocenters. The van der Waals surface area contributed by atoms with E-state index in [0.717, 1.165) is 13.5 Å². The maximum Gasteiger partial charge on any atom is 0.371 e. The molecule has 0 aliphatic rings. The highest BCUT2D eigenvalue weighted by atomic mass is 31.2. The van der Waals surface area contributed by atoms with Crippen LogP contribution >= 0.6 is 15.2 Å². The normalized spacial score (nSPS) is 22.1. The Bertz CT molecular complexity index is 567. The number of aliphatic hydroxyl groups is 1. The average Bonchev–Trinajstić information content (AvgIpc) is 2.48. The molecular weight excluding hydrogens is 368 g/mol. The van der Waals surface area contributed by atoms with Crippen molar-refractivity contribution in [1.29, 1.82) is 0 Å². The van der Waals surface area contributed by atoms with Crippen molar-refractivity contribution in [2.75, 3.05) is 26.7 Å². The predicted molar refractivity (Wildman–Crippen MR) is 98.3 cm³/mol. The van der Waals surface area contributed by atoms with Gasteiger partial charge in [-0.15, -0.1) is 0 Å². The highest BCUT2D eigenvalue weighted by molar-refractivity contribution is 7.72. The SMILES string of the molecule is [2H]C([2H])(C)N(CCC(O)(P(=O)(O)O)P(=O)(O)OC)CC(C)CC(C)C(C)C. The van der Waals surface area contributed by atoms with Crippen LogP contribution in [0.5, 0.6) is 0 Å². The molecule has 0 rings (SSSR count). The third-order valence-electron chi connectivity index (χ3n) is 4.64. The van der Waals surface area contributed by atoms with E-state index in [0.29, 0.717) is 11.8 Å². The quantitative estimate of drug-likeness (QED) is 0.365. The van der Waals surface area contributed by atoms with E-state index in [9.17, 15) is 28.9 Å². The Hall–Kier alpha value is 0.220. The second-order valence-electron chi connectivity index (χ2n) is 7.00. The van der Waals surface area contributed by atoms with Gasteiger partial charge in [0.05, 0.1) is 0 Å². The highest BCUT2D eigenvalue weighted by Crippen LogP contribution is 2.71. The van der Waals surface area contributed by atoms with Gasteiger partial charge in [0.15, 0.2) is 0 Å². The molecule has 0 aromatic heterocycles. The van der Waals surface area contributed by atoms with Crippen molar-refractivity contribution in [3.8, 4) is 0 Å². The van der Waals surface area contributed by atoms with Gasteiger partial charge in [0.2, 0.25) is 0 Å². The average molecular weight is 405 g/mol. The minimum atomic E-state index is -5.44. The Labute approximate surface area is 154 Å². The monoisotopic (exact) mass is 405 g/mol. The Morgan fingerprint density at radius 3 is 2.08 bits per heavy atom. The molecule has 0 radical (unpaired) electrons. The van der Waals surface area contributed by atoms with Crippen LogP contribution in [0.2, 0.25) is 0 Å². The molecule has 8 nitrogen and oxygen atoms in total. The molecule has 0 bridgehead atoms. The molecule has 25 heavy (non-hydrogen) atoms. The molecule has 0 aromatic rings. The van der Waals surface area contributed by atoms with E-state index in [1.807, 2.05) is 6.92 Å². The van der Waals surface area contributed by atoms with Crippen LogP contribution in [-0.4, -0.2) is 56.5 Å². The molecule has 0 spiro atoms.